The fraction of sp³-hybridized carbons (Fsp3) is 0.769. The van der Waals surface area contributed by atoms with E-state index in [1.165, 1.54) is 4.90 Å². The van der Waals surface area contributed by atoms with Crippen molar-refractivity contribution in [1.82, 2.24) is 10.2 Å². The molecule has 2 N–H and O–H groups in total. The quantitative estimate of drug-likeness (QED) is 0.738. The Labute approximate surface area is 128 Å². The van der Waals surface area contributed by atoms with Crippen LogP contribution in [0.3, 0.4) is 0 Å². The summed E-state index contributed by atoms with van der Waals surface area (Å²) in [5.41, 5.74) is -0.722. The molecule has 1 aliphatic heterocycles. The van der Waals surface area contributed by atoms with E-state index in [9.17, 15) is 14.4 Å². The first-order chi connectivity index (χ1) is 9.62. The zero-order valence-corrected chi connectivity index (χ0v) is 13.1. The summed E-state index contributed by atoms with van der Waals surface area (Å²) in [5.74, 6) is -1.00. The number of aliphatic carboxylic acids is 1. The summed E-state index contributed by atoms with van der Waals surface area (Å²) in [7, 11) is 0. The molecule has 2 amide bonds. The average Bonchev–Trinajstić information content (AvgIpc) is 2.66. The molecule has 2 atom stereocenters. The molecule has 0 aromatic heterocycles. The third-order valence-electron chi connectivity index (χ3n) is 2.90. The molecule has 8 heteroatoms. The topological polar surface area (TPSA) is 95.9 Å². The largest absolute Gasteiger partial charge is 0.480 e. The van der Waals surface area contributed by atoms with Gasteiger partial charge in [-0.3, -0.25) is 4.79 Å². The molecule has 1 unspecified atom stereocenters. The highest BCUT2D eigenvalue weighted by molar-refractivity contribution is 6.18. The highest BCUT2D eigenvalue weighted by atomic mass is 35.5. The predicted octanol–water partition coefficient (Wildman–Crippen LogP) is 1.05. The van der Waals surface area contributed by atoms with Crippen LogP contribution in [0.5, 0.6) is 0 Å². The van der Waals surface area contributed by atoms with Gasteiger partial charge in [-0.1, -0.05) is 0 Å². The van der Waals surface area contributed by atoms with Crippen molar-refractivity contribution in [2.75, 3.05) is 19.0 Å². The van der Waals surface area contributed by atoms with E-state index in [2.05, 4.69) is 5.32 Å². The number of carbonyl (C=O) groups excluding carboxylic acids is 2. The van der Waals surface area contributed by atoms with Crippen LogP contribution in [-0.2, 0) is 14.3 Å². The summed E-state index contributed by atoms with van der Waals surface area (Å²) in [6.07, 6.45) is -0.516. The van der Waals surface area contributed by atoms with E-state index < -0.39 is 23.7 Å². The van der Waals surface area contributed by atoms with Crippen molar-refractivity contribution in [1.29, 1.82) is 0 Å². The molecule has 1 heterocycles. The maximum Gasteiger partial charge on any atom is 0.408 e. The van der Waals surface area contributed by atoms with Gasteiger partial charge < -0.3 is 20.1 Å². The molecular formula is C13H21ClN2O5. The molecule has 1 rings (SSSR count). The molecule has 0 aromatic carbocycles. The van der Waals surface area contributed by atoms with Gasteiger partial charge in [-0.25, -0.2) is 9.59 Å². The molecule has 0 spiro atoms. The summed E-state index contributed by atoms with van der Waals surface area (Å²) in [6.45, 7) is 5.34. The van der Waals surface area contributed by atoms with Crippen molar-refractivity contribution in [2.45, 2.75) is 38.8 Å². The Balaban J connectivity index is 2.60. The van der Waals surface area contributed by atoms with Gasteiger partial charge in [0.1, 0.15) is 11.6 Å². The fourth-order valence-corrected chi connectivity index (χ4v) is 2.20. The average molecular weight is 321 g/mol. The van der Waals surface area contributed by atoms with Crippen molar-refractivity contribution in [3.63, 3.8) is 0 Å². The van der Waals surface area contributed by atoms with Gasteiger partial charge in [-0.15, -0.1) is 11.6 Å². The number of halogens is 1. The Bertz CT molecular complexity index is 421. The number of alkyl halides is 1. The third kappa shape index (κ3) is 5.79. The number of nitrogens with zero attached hydrogens (tertiary/aromatic N) is 1. The monoisotopic (exact) mass is 320 g/mol. The smallest absolute Gasteiger partial charge is 0.408 e. The van der Waals surface area contributed by atoms with E-state index in [4.69, 9.17) is 21.4 Å². The highest BCUT2D eigenvalue weighted by Gasteiger charge is 2.33. The summed E-state index contributed by atoms with van der Waals surface area (Å²) in [5, 5.41) is 11.4. The summed E-state index contributed by atoms with van der Waals surface area (Å²) in [4.78, 5) is 36.0. The normalized spacial score (nSPS) is 20.3. The van der Waals surface area contributed by atoms with Crippen LogP contribution in [0.2, 0.25) is 0 Å². The number of hydrogen-bond acceptors (Lipinski definition) is 4. The number of alkyl carbamates (subject to hydrolysis) is 1. The lowest BCUT2D eigenvalue weighted by atomic mass is 10.1. The predicted molar refractivity (Wildman–Crippen MR) is 76.2 cm³/mol. The molecule has 0 aliphatic carbocycles. The number of likely N-dealkylation sites (tertiary alicyclic amines) is 1. The first-order valence-corrected chi connectivity index (χ1v) is 7.22. The molecule has 0 aromatic rings. The molecule has 0 saturated carbocycles. The van der Waals surface area contributed by atoms with E-state index in [0.29, 0.717) is 18.8 Å². The van der Waals surface area contributed by atoms with Crippen molar-refractivity contribution < 1.29 is 24.2 Å². The Morgan fingerprint density at radius 1 is 1.52 bits per heavy atom. The Morgan fingerprint density at radius 3 is 2.57 bits per heavy atom. The lowest BCUT2D eigenvalue weighted by molar-refractivity contribution is -0.140. The van der Waals surface area contributed by atoms with E-state index in [0.717, 1.165) is 0 Å². The van der Waals surface area contributed by atoms with Crippen LogP contribution in [0.15, 0.2) is 0 Å². The molecule has 1 fully saturated rings. The van der Waals surface area contributed by atoms with Gasteiger partial charge in [0.15, 0.2) is 0 Å². The summed E-state index contributed by atoms with van der Waals surface area (Å²) >= 11 is 5.71. The second-order valence-corrected chi connectivity index (χ2v) is 6.37. The third-order valence-corrected chi connectivity index (χ3v) is 3.34. The maximum atomic E-state index is 11.7. The van der Waals surface area contributed by atoms with Crippen LogP contribution < -0.4 is 5.32 Å². The Kier molecular flexibility index (Phi) is 5.83. The maximum absolute atomic E-state index is 11.7. The van der Waals surface area contributed by atoms with Crippen LogP contribution >= 0.6 is 11.6 Å². The molecule has 1 aliphatic rings. The fourth-order valence-electron chi connectivity index (χ4n) is 1.99. The van der Waals surface area contributed by atoms with Crippen LogP contribution in [0.25, 0.3) is 0 Å². The van der Waals surface area contributed by atoms with Gasteiger partial charge in [-0.2, -0.15) is 0 Å². The second kappa shape index (κ2) is 6.98. The van der Waals surface area contributed by atoms with Gasteiger partial charge in [-0.05, 0) is 26.7 Å². The second-order valence-electron chi connectivity index (χ2n) is 6.06. The molecule has 120 valence electrons. The van der Waals surface area contributed by atoms with Gasteiger partial charge >= 0.3 is 12.1 Å². The lowest BCUT2D eigenvalue weighted by Crippen LogP contribution is -2.50. The zero-order valence-electron chi connectivity index (χ0n) is 12.4. The molecule has 1 saturated heterocycles. The summed E-state index contributed by atoms with van der Waals surface area (Å²) < 4.78 is 5.01. The molecular weight excluding hydrogens is 300 g/mol. The van der Waals surface area contributed by atoms with Crippen LogP contribution in [-0.4, -0.2) is 58.6 Å². The van der Waals surface area contributed by atoms with Gasteiger partial charge in [0.05, 0.1) is 6.54 Å². The first-order valence-electron chi connectivity index (χ1n) is 6.68. The van der Waals surface area contributed by atoms with Crippen LogP contribution in [0.4, 0.5) is 4.79 Å². The first kappa shape index (κ1) is 17.6. The minimum atomic E-state index is -1.22. The number of carboxylic acids is 1. The SMILES string of the molecule is CC(C)(C)OC(=O)N[C@@H](CN1CC(CCl)CC1=O)C(=O)O. The molecule has 21 heavy (non-hydrogen) atoms. The number of carbonyl (C=O) groups is 3. The van der Waals surface area contributed by atoms with Crippen LogP contribution in [0, 0.1) is 5.92 Å². The number of ether oxygens (including phenoxy) is 1. The highest BCUT2D eigenvalue weighted by Crippen LogP contribution is 2.19. The van der Waals surface area contributed by atoms with Crippen molar-refractivity contribution in [2.24, 2.45) is 5.92 Å². The minimum Gasteiger partial charge on any atom is -0.480 e. The van der Waals surface area contributed by atoms with Crippen molar-refractivity contribution >= 4 is 29.6 Å². The molecule has 0 radical (unpaired) electrons. The lowest BCUT2D eigenvalue weighted by Gasteiger charge is -2.24. The number of rotatable bonds is 5. The van der Waals surface area contributed by atoms with Gasteiger partial charge in [0.2, 0.25) is 5.91 Å². The van der Waals surface area contributed by atoms with E-state index in [1.807, 2.05) is 0 Å². The van der Waals surface area contributed by atoms with E-state index in [-0.39, 0.29) is 18.4 Å². The van der Waals surface area contributed by atoms with Crippen LogP contribution in [0.1, 0.15) is 27.2 Å². The minimum absolute atomic E-state index is 0.0233. The number of amides is 2. The number of carboxylic acid groups (broad SMARTS) is 1. The summed E-state index contributed by atoms with van der Waals surface area (Å²) in [6, 6.07) is -1.21. The van der Waals surface area contributed by atoms with Crippen molar-refractivity contribution in [3.8, 4) is 0 Å². The number of nitrogens with one attached hydrogen (secondary N) is 1. The number of hydrogen-bond donors (Lipinski definition) is 2. The standard InChI is InChI=1S/C13H21ClN2O5/c1-13(2,3)21-12(20)15-9(11(18)19)7-16-6-8(5-14)4-10(16)17/h8-9H,4-7H2,1-3H3,(H,15,20)(H,18,19)/t8?,9-/m0/s1. The van der Waals surface area contributed by atoms with Gasteiger partial charge in [0.25, 0.3) is 0 Å². The van der Waals surface area contributed by atoms with Gasteiger partial charge in [0, 0.05) is 18.8 Å². The van der Waals surface area contributed by atoms with E-state index >= 15 is 0 Å². The molecule has 0 bridgehead atoms. The zero-order chi connectivity index (χ0) is 16.2. The van der Waals surface area contributed by atoms with E-state index in [1.54, 1.807) is 20.8 Å². The molecule has 7 nitrogen and oxygen atoms in total. The Morgan fingerprint density at radius 2 is 2.14 bits per heavy atom. The Hall–Kier alpha value is -1.50. The van der Waals surface area contributed by atoms with Crippen molar-refractivity contribution in [3.05, 3.63) is 0 Å².